The summed E-state index contributed by atoms with van der Waals surface area (Å²) in [5.74, 6) is -0.720. The molecule has 1 aliphatic rings. The Bertz CT molecular complexity index is 353. The predicted molar refractivity (Wildman–Crippen MR) is 50.4 cm³/mol. The summed E-state index contributed by atoms with van der Waals surface area (Å²) in [4.78, 5) is 14.6. The van der Waals surface area contributed by atoms with Gasteiger partial charge in [-0.05, 0) is 39.9 Å². The van der Waals surface area contributed by atoms with E-state index in [1.54, 1.807) is 12.4 Å². The molecule has 13 heavy (non-hydrogen) atoms. The number of hydrogen-bond acceptors (Lipinski definition) is 2. The van der Waals surface area contributed by atoms with Crippen LogP contribution >= 0.6 is 15.9 Å². The molecule has 68 valence electrons. The van der Waals surface area contributed by atoms with Gasteiger partial charge in [0, 0.05) is 16.9 Å². The predicted octanol–water partition coefficient (Wildman–Crippen LogP) is 2.03. The summed E-state index contributed by atoms with van der Waals surface area (Å²) < 4.78 is 0.906. The van der Waals surface area contributed by atoms with Gasteiger partial charge in [0.05, 0.1) is 5.92 Å². The first-order valence-electron chi connectivity index (χ1n) is 4.02. The van der Waals surface area contributed by atoms with Crippen molar-refractivity contribution in [3.05, 3.63) is 28.5 Å². The minimum absolute atomic E-state index is 0.176. The van der Waals surface area contributed by atoms with Crippen LogP contribution in [0.4, 0.5) is 0 Å². The van der Waals surface area contributed by atoms with E-state index < -0.39 is 5.97 Å². The second kappa shape index (κ2) is 3.10. The Hall–Kier alpha value is -0.900. The minimum Gasteiger partial charge on any atom is -0.481 e. The number of carboxylic acid groups (broad SMARTS) is 1. The van der Waals surface area contributed by atoms with Crippen LogP contribution in [0, 0.1) is 5.92 Å². The van der Waals surface area contributed by atoms with Crippen molar-refractivity contribution in [3.63, 3.8) is 0 Å². The summed E-state index contributed by atoms with van der Waals surface area (Å²) >= 11 is 3.36. The molecule has 2 atom stereocenters. The normalized spacial score (nSPS) is 25.6. The first kappa shape index (κ1) is 8.69. The maximum absolute atomic E-state index is 10.6. The third-order valence-electron chi connectivity index (χ3n) is 2.31. The molecule has 1 aromatic heterocycles. The molecule has 0 aromatic carbocycles. The number of pyridine rings is 1. The maximum atomic E-state index is 10.6. The van der Waals surface area contributed by atoms with Gasteiger partial charge in [-0.25, -0.2) is 0 Å². The minimum atomic E-state index is -0.700. The lowest BCUT2D eigenvalue weighted by Crippen LogP contribution is -1.99. The first-order valence-corrected chi connectivity index (χ1v) is 4.81. The van der Waals surface area contributed by atoms with Crippen LogP contribution in [0.25, 0.3) is 0 Å². The molecule has 1 fully saturated rings. The quantitative estimate of drug-likeness (QED) is 0.863. The highest BCUT2D eigenvalue weighted by atomic mass is 79.9. The fraction of sp³-hybridized carbons (Fsp3) is 0.333. The summed E-state index contributed by atoms with van der Waals surface area (Å²) in [5.41, 5.74) is 1.06. The number of aliphatic carboxylic acids is 1. The Balaban J connectivity index is 2.21. The molecular formula is C9H8BrNO2. The monoisotopic (exact) mass is 241 g/mol. The summed E-state index contributed by atoms with van der Waals surface area (Å²) in [6.07, 6.45) is 4.14. The van der Waals surface area contributed by atoms with Crippen molar-refractivity contribution in [2.24, 2.45) is 5.92 Å². The Labute approximate surface area is 83.9 Å². The van der Waals surface area contributed by atoms with Gasteiger partial charge in [0.2, 0.25) is 0 Å². The largest absolute Gasteiger partial charge is 0.481 e. The SMILES string of the molecule is O=C(O)[C@@H]1C[C@H]1c1ccncc1Br. The topological polar surface area (TPSA) is 50.2 Å². The van der Waals surface area contributed by atoms with E-state index in [0.29, 0.717) is 0 Å². The number of hydrogen-bond donors (Lipinski definition) is 1. The van der Waals surface area contributed by atoms with Crippen molar-refractivity contribution < 1.29 is 9.90 Å². The molecule has 1 aromatic rings. The van der Waals surface area contributed by atoms with Gasteiger partial charge in [-0.3, -0.25) is 9.78 Å². The molecule has 0 aliphatic heterocycles. The van der Waals surface area contributed by atoms with Crippen LogP contribution in [-0.2, 0) is 4.79 Å². The smallest absolute Gasteiger partial charge is 0.307 e. The van der Waals surface area contributed by atoms with Gasteiger partial charge >= 0.3 is 5.97 Å². The van der Waals surface area contributed by atoms with Gasteiger partial charge in [0.15, 0.2) is 0 Å². The molecule has 0 saturated heterocycles. The number of halogens is 1. The number of aromatic nitrogens is 1. The molecule has 3 nitrogen and oxygen atoms in total. The van der Waals surface area contributed by atoms with Gasteiger partial charge in [0.1, 0.15) is 0 Å². The molecule has 1 saturated carbocycles. The molecule has 0 spiro atoms. The van der Waals surface area contributed by atoms with Crippen LogP contribution < -0.4 is 0 Å². The van der Waals surface area contributed by atoms with E-state index >= 15 is 0 Å². The zero-order chi connectivity index (χ0) is 9.42. The number of nitrogens with zero attached hydrogens (tertiary/aromatic N) is 1. The highest BCUT2D eigenvalue weighted by Crippen LogP contribution is 2.49. The summed E-state index contributed by atoms with van der Waals surface area (Å²) in [5, 5.41) is 8.74. The molecule has 0 radical (unpaired) electrons. The van der Waals surface area contributed by atoms with Gasteiger partial charge in [-0.1, -0.05) is 0 Å². The first-order chi connectivity index (χ1) is 6.20. The molecule has 1 aliphatic carbocycles. The second-order valence-electron chi connectivity index (χ2n) is 3.18. The van der Waals surface area contributed by atoms with Gasteiger partial charge in [0.25, 0.3) is 0 Å². The average Bonchev–Trinajstić information content (AvgIpc) is 2.84. The van der Waals surface area contributed by atoms with Crippen LogP contribution in [0.5, 0.6) is 0 Å². The van der Waals surface area contributed by atoms with Crippen LogP contribution in [-0.4, -0.2) is 16.1 Å². The van der Waals surface area contributed by atoms with E-state index in [1.807, 2.05) is 6.07 Å². The van der Waals surface area contributed by atoms with Crippen molar-refractivity contribution in [1.29, 1.82) is 0 Å². The van der Waals surface area contributed by atoms with Crippen molar-refractivity contribution in [2.45, 2.75) is 12.3 Å². The molecular weight excluding hydrogens is 234 g/mol. The fourth-order valence-corrected chi connectivity index (χ4v) is 2.04. The Morgan fingerprint density at radius 1 is 1.69 bits per heavy atom. The number of rotatable bonds is 2. The Morgan fingerprint density at radius 3 is 3.00 bits per heavy atom. The Kier molecular flexibility index (Phi) is 2.07. The lowest BCUT2D eigenvalue weighted by atomic mass is 10.1. The average molecular weight is 242 g/mol. The lowest BCUT2D eigenvalue weighted by molar-refractivity contribution is -0.138. The molecule has 0 unspecified atom stereocenters. The van der Waals surface area contributed by atoms with Crippen molar-refractivity contribution >= 4 is 21.9 Å². The van der Waals surface area contributed by atoms with Crippen LogP contribution in [0.15, 0.2) is 22.9 Å². The summed E-state index contributed by atoms with van der Waals surface area (Å²) in [7, 11) is 0. The maximum Gasteiger partial charge on any atom is 0.307 e. The van der Waals surface area contributed by atoms with Crippen LogP contribution in [0.1, 0.15) is 17.9 Å². The van der Waals surface area contributed by atoms with E-state index in [2.05, 4.69) is 20.9 Å². The fourth-order valence-electron chi connectivity index (χ4n) is 1.50. The third-order valence-corrected chi connectivity index (χ3v) is 2.97. The van der Waals surface area contributed by atoms with Crippen molar-refractivity contribution in [2.75, 3.05) is 0 Å². The van der Waals surface area contributed by atoms with Gasteiger partial charge in [-0.2, -0.15) is 0 Å². The van der Waals surface area contributed by atoms with E-state index in [1.165, 1.54) is 0 Å². The van der Waals surface area contributed by atoms with Crippen LogP contribution in [0.2, 0.25) is 0 Å². The molecule has 1 N–H and O–H groups in total. The molecule has 0 amide bonds. The van der Waals surface area contributed by atoms with E-state index in [9.17, 15) is 4.79 Å². The van der Waals surface area contributed by atoms with E-state index in [0.717, 1.165) is 16.5 Å². The molecule has 2 rings (SSSR count). The standard InChI is InChI=1S/C9H8BrNO2/c10-8-4-11-2-1-5(8)6-3-7(6)9(12)13/h1-2,4,6-7H,3H2,(H,12,13)/t6-,7+/m0/s1. The Morgan fingerprint density at radius 2 is 2.46 bits per heavy atom. The van der Waals surface area contributed by atoms with Crippen molar-refractivity contribution in [3.8, 4) is 0 Å². The second-order valence-corrected chi connectivity index (χ2v) is 4.04. The third kappa shape index (κ3) is 1.58. The van der Waals surface area contributed by atoms with E-state index in [4.69, 9.17) is 5.11 Å². The van der Waals surface area contributed by atoms with Gasteiger partial charge < -0.3 is 5.11 Å². The summed E-state index contributed by atoms with van der Waals surface area (Å²) in [6, 6.07) is 1.87. The van der Waals surface area contributed by atoms with E-state index in [-0.39, 0.29) is 11.8 Å². The zero-order valence-corrected chi connectivity index (χ0v) is 8.36. The molecule has 1 heterocycles. The number of carboxylic acids is 1. The lowest BCUT2D eigenvalue weighted by Gasteiger charge is -2.00. The van der Waals surface area contributed by atoms with Crippen LogP contribution in [0.3, 0.4) is 0 Å². The van der Waals surface area contributed by atoms with Gasteiger partial charge in [-0.15, -0.1) is 0 Å². The molecule has 0 bridgehead atoms. The highest BCUT2D eigenvalue weighted by molar-refractivity contribution is 9.10. The zero-order valence-electron chi connectivity index (χ0n) is 6.77. The van der Waals surface area contributed by atoms with Crippen molar-refractivity contribution in [1.82, 2.24) is 4.98 Å². The highest BCUT2D eigenvalue weighted by Gasteiger charge is 2.44. The summed E-state index contributed by atoms with van der Waals surface area (Å²) in [6.45, 7) is 0. The number of carbonyl (C=O) groups is 1. The molecule has 4 heteroatoms.